The highest BCUT2D eigenvalue weighted by Gasteiger charge is 2.19. The molecule has 0 saturated carbocycles. The first-order valence-corrected chi connectivity index (χ1v) is 7.60. The molecule has 0 saturated heterocycles. The van der Waals surface area contributed by atoms with Crippen molar-refractivity contribution in [3.05, 3.63) is 64.7 Å². The summed E-state index contributed by atoms with van der Waals surface area (Å²) in [6.45, 7) is 7.48. The topological polar surface area (TPSA) is 21.3 Å². The van der Waals surface area contributed by atoms with E-state index in [2.05, 4.69) is 56.4 Å². The number of rotatable bonds is 6. The minimum atomic E-state index is 0.168. The molecule has 2 rings (SSSR count). The molecule has 0 aliphatic rings. The molecule has 0 spiro atoms. The lowest BCUT2D eigenvalue weighted by molar-refractivity contribution is 0.403. The molecule has 0 heterocycles. The number of para-hydroxylation sites is 1. The molecular formula is C19H25NO. The maximum absolute atomic E-state index is 5.56. The zero-order valence-electron chi connectivity index (χ0n) is 13.4. The van der Waals surface area contributed by atoms with Gasteiger partial charge in [0.1, 0.15) is 5.75 Å². The molecule has 2 heteroatoms. The fraction of sp³-hybridized carbons (Fsp3) is 0.368. The number of ether oxygens (including phenoxy) is 1. The molecule has 2 nitrogen and oxygen atoms in total. The van der Waals surface area contributed by atoms with Crippen molar-refractivity contribution in [2.75, 3.05) is 13.7 Å². The Morgan fingerprint density at radius 2 is 1.81 bits per heavy atom. The summed E-state index contributed by atoms with van der Waals surface area (Å²) in [6.07, 6.45) is 1.11. The van der Waals surface area contributed by atoms with Gasteiger partial charge in [0, 0.05) is 5.56 Å². The lowest BCUT2D eigenvalue weighted by Crippen LogP contribution is -2.24. The number of hydrogen-bond acceptors (Lipinski definition) is 2. The Morgan fingerprint density at radius 3 is 2.52 bits per heavy atom. The third-order valence-corrected chi connectivity index (χ3v) is 3.79. The quantitative estimate of drug-likeness (QED) is 0.848. The minimum Gasteiger partial charge on any atom is -0.496 e. The first kappa shape index (κ1) is 15.6. The summed E-state index contributed by atoms with van der Waals surface area (Å²) >= 11 is 0. The van der Waals surface area contributed by atoms with Crippen molar-refractivity contribution >= 4 is 0 Å². The van der Waals surface area contributed by atoms with E-state index in [1.807, 2.05) is 12.1 Å². The van der Waals surface area contributed by atoms with Gasteiger partial charge in [-0.3, -0.25) is 0 Å². The van der Waals surface area contributed by atoms with Gasteiger partial charge in [-0.1, -0.05) is 48.9 Å². The van der Waals surface area contributed by atoms with Crippen molar-refractivity contribution in [2.45, 2.75) is 33.2 Å². The Hall–Kier alpha value is -1.80. The summed E-state index contributed by atoms with van der Waals surface area (Å²) in [6, 6.07) is 15.1. The standard InChI is InChI=1S/C19H25NO/c1-5-12-20-19(16-8-6-7-9-18(16)21-4)17-13-14(2)10-11-15(17)3/h6-11,13,19-20H,5,12H2,1-4H3. The van der Waals surface area contributed by atoms with Crippen LogP contribution in [0.25, 0.3) is 0 Å². The van der Waals surface area contributed by atoms with Crippen molar-refractivity contribution in [1.82, 2.24) is 5.32 Å². The molecule has 0 aliphatic carbocycles. The van der Waals surface area contributed by atoms with E-state index in [0.29, 0.717) is 0 Å². The largest absolute Gasteiger partial charge is 0.496 e. The van der Waals surface area contributed by atoms with Gasteiger partial charge in [0.05, 0.1) is 13.2 Å². The Labute approximate surface area is 128 Å². The van der Waals surface area contributed by atoms with Gasteiger partial charge < -0.3 is 10.1 Å². The average Bonchev–Trinajstić information content (AvgIpc) is 2.51. The van der Waals surface area contributed by atoms with Gasteiger partial charge in [-0.15, -0.1) is 0 Å². The third kappa shape index (κ3) is 3.64. The van der Waals surface area contributed by atoms with E-state index in [4.69, 9.17) is 4.74 Å². The molecule has 1 atom stereocenters. The summed E-state index contributed by atoms with van der Waals surface area (Å²) in [5.74, 6) is 0.937. The van der Waals surface area contributed by atoms with Crippen LogP contribution in [0.15, 0.2) is 42.5 Å². The lowest BCUT2D eigenvalue weighted by atomic mass is 9.93. The molecule has 0 radical (unpaired) electrons. The minimum absolute atomic E-state index is 0.168. The Balaban J connectivity index is 2.49. The van der Waals surface area contributed by atoms with Crippen LogP contribution in [0, 0.1) is 13.8 Å². The van der Waals surface area contributed by atoms with Gasteiger partial charge in [-0.2, -0.15) is 0 Å². The molecule has 2 aromatic carbocycles. The van der Waals surface area contributed by atoms with Crippen molar-refractivity contribution < 1.29 is 4.74 Å². The molecule has 0 aromatic heterocycles. The van der Waals surface area contributed by atoms with Crippen LogP contribution >= 0.6 is 0 Å². The molecule has 21 heavy (non-hydrogen) atoms. The molecule has 0 bridgehead atoms. The number of benzene rings is 2. The number of nitrogens with one attached hydrogen (secondary N) is 1. The molecule has 112 valence electrons. The molecule has 1 unspecified atom stereocenters. The van der Waals surface area contributed by atoms with E-state index in [1.165, 1.54) is 22.3 Å². The van der Waals surface area contributed by atoms with E-state index < -0.39 is 0 Å². The fourth-order valence-electron chi connectivity index (χ4n) is 2.65. The molecule has 0 aliphatic heterocycles. The van der Waals surface area contributed by atoms with E-state index in [9.17, 15) is 0 Å². The SMILES string of the molecule is CCCNC(c1cc(C)ccc1C)c1ccccc1OC. The third-order valence-electron chi connectivity index (χ3n) is 3.79. The second-order valence-electron chi connectivity index (χ2n) is 5.49. The highest BCUT2D eigenvalue weighted by atomic mass is 16.5. The normalized spacial score (nSPS) is 12.2. The predicted octanol–water partition coefficient (Wildman–Crippen LogP) is 4.40. The predicted molar refractivity (Wildman–Crippen MR) is 89.0 cm³/mol. The number of hydrogen-bond donors (Lipinski definition) is 1. The highest BCUT2D eigenvalue weighted by Crippen LogP contribution is 2.32. The van der Waals surface area contributed by atoms with Gasteiger partial charge >= 0.3 is 0 Å². The van der Waals surface area contributed by atoms with Crippen LogP contribution in [0.1, 0.15) is 41.6 Å². The number of aryl methyl sites for hydroxylation is 2. The molecular weight excluding hydrogens is 258 g/mol. The van der Waals surface area contributed by atoms with E-state index in [1.54, 1.807) is 7.11 Å². The second-order valence-corrected chi connectivity index (χ2v) is 5.49. The summed E-state index contributed by atoms with van der Waals surface area (Å²) in [5, 5.41) is 3.66. The van der Waals surface area contributed by atoms with Gasteiger partial charge in [-0.05, 0) is 44.0 Å². The van der Waals surface area contributed by atoms with Crippen molar-refractivity contribution in [3.63, 3.8) is 0 Å². The van der Waals surface area contributed by atoms with Crippen molar-refractivity contribution in [3.8, 4) is 5.75 Å². The first-order valence-electron chi connectivity index (χ1n) is 7.60. The molecule has 1 N–H and O–H groups in total. The first-order chi connectivity index (χ1) is 10.2. The van der Waals surface area contributed by atoms with Crippen LogP contribution in [0.2, 0.25) is 0 Å². The van der Waals surface area contributed by atoms with Crippen LogP contribution in [0.3, 0.4) is 0 Å². The summed E-state index contributed by atoms with van der Waals surface area (Å²) in [4.78, 5) is 0. The molecule has 2 aromatic rings. The van der Waals surface area contributed by atoms with Crippen LogP contribution in [0.5, 0.6) is 5.75 Å². The zero-order valence-corrected chi connectivity index (χ0v) is 13.4. The Kier molecular flexibility index (Phi) is 5.40. The lowest BCUT2D eigenvalue weighted by Gasteiger charge is -2.23. The van der Waals surface area contributed by atoms with E-state index in [0.717, 1.165) is 18.7 Å². The van der Waals surface area contributed by atoms with Gasteiger partial charge in [0.15, 0.2) is 0 Å². The summed E-state index contributed by atoms with van der Waals surface area (Å²) in [7, 11) is 1.73. The van der Waals surface area contributed by atoms with Crippen molar-refractivity contribution in [2.24, 2.45) is 0 Å². The fourth-order valence-corrected chi connectivity index (χ4v) is 2.65. The van der Waals surface area contributed by atoms with Gasteiger partial charge in [0.25, 0.3) is 0 Å². The van der Waals surface area contributed by atoms with Crippen molar-refractivity contribution in [1.29, 1.82) is 0 Å². The average molecular weight is 283 g/mol. The van der Waals surface area contributed by atoms with Crippen LogP contribution in [0.4, 0.5) is 0 Å². The molecule has 0 fully saturated rings. The maximum Gasteiger partial charge on any atom is 0.123 e. The van der Waals surface area contributed by atoms with E-state index >= 15 is 0 Å². The van der Waals surface area contributed by atoms with Crippen LogP contribution in [-0.4, -0.2) is 13.7 Å². The zero-order chi connectivity index (χ0) is 15.2. The van der Waals surface area contributed by atoms with Crippen LogP contribution in [-0.2, 0) is 0 Å². The van der Waals surface area contributed by atoms with E-state index in [-0.39, 0.29) is 6.04 Å². The van der Waals surface area contributed by atoms with Crippen LogP contribution < -0.4 is 10.1 Å². The Morgan fingerprint density at radius 1 is 1.05 bits per heavy atom. The maximum atomic E-state index is 5.56. The smallest absolute Gasteiger partial charge is 0.123 e. The molecule has 0 amide bonds. The van der Waals surface area contributed by atoms with Gasteiger partial charge in [-0.25, -0.2) is 0 Å². The van der Waals surface area contributed by atoms with Gasteiger partial charge in [0.2, 0.25) is 0 Å². The monoisotopic (exact) mass is 283 g/mol. The summed E-state index contributed by atoms with van der Waals surface area (Å²) < 4.78 is 5.56. The number of methoxy groups -OCH3 is 1. The highest BCUT2D eigenvalue weighted by molar-refractivity contribution is 5.45. The Bertz CT molecular complexity index is 592. The second kappa shape index (κ2) is 7.28. The summed E-state index contributed by atoms with van der Waals surface area (Å²) in [5.41, 5.74) is 5.11.